The Morgan fingerprint density at radius 2 is 1.48 bits per heavy atom. The number of carbonyl (C=O) groups excluding carboxylic acids is 2. The molecule has 9 unspecified atom stereocenters. The molecule has 10 N–H and O–H groups in total. The van der Waals surface area contributed by atoms with Gasteiger partial charge in [-0.2, -0.15) is 0 Å². The zero-order chi connectivity index (χ0) is 34.1. The number of hydrogen-bond donors (Lipinski definition) is 10. The Labute approximate surface area is 269 Å². The smallest absolute Gasteiger partial charge is 0.251 e. The SMILES string of the molecule is C=Cc1ccc(CNC(=O)CCCCCCCCCCNC(=O)C(O)C(O)C(OC2OC(CO)C(O)C(O)C2O)C(O)CO)cc1. The van der Waals surface area contributed by atoms with Gasteiger partial charge >= 0.3 is 0 Å². The molecule has 0 radical (unpaired) electrons. The van der Waals surface area contributed by atoms with Gasteiger partial charge in [-0.15, -0.1) is 0 Å². The summed E-state index contributed by atoms with van der Waals surface area (Å²) in [5, 5.41) is 85.2. The van der Waals surface area contributed by atoms with E-state index in [2.05, 4.69) is 17.2 Å². The molecule has 1 saturated heterocycles. The molecule has 1 fully saturated rings. The van der Waals surface area contributed by atoms with Crippen molar-refractivity contribution in [2.24, 2.45) is 0 Å². The van der Waals surface area contributed by atoms with Crippen LogP contribution in [-0.4, -0.2) is 128 Å². The number of unbranched alkanes of at least 4 members (excludes halogenated alkanes) is 7. The van der Waals surface area contributed by atoms with E-state index in [0.29, 0.717) is 19.4 Å². The lowest BCUT2D eigenvalue weighted by molar-refractivity contribution is -0.326. The molecule has 14 heteroatoms. The first-order valence-electron chi connectivity index (χ1n) is 15.9. The summed E-state index contributed by atoms with van der Waals surface area (Å²) in [6, 6.07) is 7.85. The highest BCUT2D eigenvalue weighted by molar-refractivity contribution is 5.81. The van der Waals surface area contributed by atoms with Gasteiger partial charge in [0.05, 0.1) is 13.2 Å². The summed E-state index contributed by atoms with van der Waals surface area (Å²) in [4.78, 5) is 24.5. The predicted molar refractivity (Wildman–Crippen MR) is 167 cm³/mol. The van der Waals surface area contributed by atoms with Gasteiger partial charge in [-0.1, -0.05) is 75.4 Å². The summed E-state index contributed by atoms with van der Waals surface area (Å²) in [6.07, 6.45) is -6.82. The molecule has 0 aromatic heterocycles. The maximum atomic E-state index is 12.4. The molecular formula is C32H52N2O12. The van der Waals surface area contributed by atoms with Gasteiger partial charge in [0.1, 0.15) is 42.7 Å². The van der Waals surface area contributed by atoms with Crippen LogP contribution in [0.1, 0.15) is 68.9 Å². The van der Waals surface area contributed by atoms with Crippen LogP contribution >= 0.6 is 0 Å². The van der Waals surface area contributed by atoms with Crippen molar-refractivity contribution in [2.45, 2.75) is 119 Å². The monoisotopic (exact) mass is 656 g/mol. The van der Waals surface area contributed by atoms with Crippen LogP contribution in [0.4, 0.5) is 0 Å². The maximum Gasteiger partial charge on any atom is 0.251 e. The van der Waals surface area contributed by atoms with Crippen molar-refractivity contribution < 1.29 is 59.9 Å². The standard InChI is InChI=1S/C32H52N2O12/c1-2-20-12-14-21(15-13-20)17-34-24(38)11-9-7-5-3-4-6-8-10-16-33-31(44)28(42)27(41)30(22(37)18-35)46-32-29(43)26(40)25(39)23(19-36)45-32/h2,12-15,22-23,25-30,32,35-37,39-43H,1,3-11,16-19H2,(H,33,44)(H,34,38). The van der Waals surface area contributed by atoms with Crippen LogP contribution in [0, 0.1) is 0 Å². The van der Waals surface area contributed by atoms with Gasteiger partial charge in [-0.25, -0.2) is 0 Å². The van der Waals surface area contributed by atoms with E-state index in [4.69, 9.17) is 9.47 Å². The van der Waals surface area contributed by atoms with Crippen LogP contribution in [0.15, 0.2) is 30.8 Å². The van der Waals surface area contributed by atoms with Crippen molar-refractivity contribution in [1.29, 1.82) is 0 Å². The lowest BCUT2D eigenvalue weighted by atomic mass is 9.98. The van der Waals surface area contributed by atoms with Crippen LogP contribution in [-0.2, 0) is 25.6 Å². The van der Waals surface area contributed by atoms with Gasteiger partial charge in [0.2, 0.25) is 5.91 Å². The number of carbonyl (C=O) groups is 2. The summed E-state index contributed by atoms with van der Waals surface area (Å²) < 4.78 is 10.5. The van der Waals surface area contributed by atoms with Gasteiger partial charge in [-0.3, -0.25) is 9.59 Å². The Kier molecular flexibility index (Phi) is 18.4. The first kappa shape index (κ1) is 39.7. The van der Waals surface area contributed by atoms with E-state index < -0.39 is 74.2 Å². The second kappa shape index (κ2) is 21.4. The average molecular weight is 657 g/mol. The molecule has 1 aromatic rings. The Morgan fingerprint density at radius 1 is 0.870 bits per heavy atom. The second-order valence-corrected chi connectivity index (χ2v) is 11.6. The second-order valence-electron chi connectivity index (χ2n) is 11.6. The fraction of sp³-hybridized carbons (Fsp3) is 0.688. The topological polar surface area (TPSA) is 238 Å². The molecule has 1 aliphatic rings. The van der Waals surface area contributed by atoms with Crippen molar-refractivity contribution in [3.8, 4) is 0 Å². The van der Waals surface area contributed by atoms with E-state index in [1.54, 1.807) is 6.08 Å². The molecule has 1 aromatic carbocycles. The lowest BCUT2D eigenvalue weighted by Crippen LogP contribution is -2.62. The molecule has 14 nitrogen and oxygen atoms in total. The third-order valence-corrected chi connectivity index (χ3v) is 7.97. The van der Waals surface area contributed by atoms with Crippen LogP contribution in [0.3, 0.4) is 0 Å². The molecule has 9 atom stereocenters. The highest BCUT2D eigenvalue weighted by atomic mass is 16.7. The number of aliphatic hydroxyl groups excluding tert-OH is 8. The molecule has 0 aliphatic carbocycles. The first-order chi connectivity index (χ1) is 22.0. The molecule has 1 heterocycles. The number of aliphatic hydroxyl groups is 8. The Bertz CT molecular complexity index is 1030. The van der Waals surface area contributed by atoms with Crippen LogP contribution < -0.4 is 10.6 Å². The van der Waals surface area contributed by atoms with E-state index >= 15 is 0 Å². The van der Waals surface area contributed by atoms with Gasteiger partial charge < -0.3 is 61.0 Å². The summed E-state index contributed by atoms with van der Waals surface area (Å²) in [6.45, 7) is 2.75. The Morgan fingerprint density at radius 3 is 2.07 bits per heavy atom. The average Bonchev–Trinajstić information content (AvgIpc) is 3.07. The largest absolute Gasteiger partial charge is 0.394 e. The van der Waals surface area contributed by atoms with E-state index in [1.165, 1.54) is 0 Å². The fourth-order valence-electron chi connectivity index (χ4n) is 5.02. The number of nitrogens with one attached hydrogen (secondary N) is 2. The van der Waals surface area contributed by atoms with Crippen LogP contribution in [0.2, 0.25) is 0 Å². The minimum Gasteiger partial charge on any atom is -0.394 e. The van der Waals surface area contributed by atoms with E-state index in [-0.39, 0.29) is 12.5 Å². The highest BCUT2D eigenvalue weighted by Gasteiger charge is 2.47. The predicted octanol–water partition coefficient (Wildman–Crippen LogP) is -1.17. The molecule has 262 valence electrons. The minimum absolute atomic E-state index is 0.0360. The molecule has 0 bridgehead atoms. The molecule has 0 saturated carbocycles. The summed E-state index contributed by atoms with van der Waals surface area (Å²) in [5.41, 5.74) is 2.07. The molecule has 2 amide bonds. The summed E-state index contributed by atoms with van der Waals surface area (Å²) in [5.74, 6) is -0.913. The number of hydrogen-bond acceptors (Lipinski definition) is 12. The first-order valence-corrected chi connectivity index (χ1v) is 15.9. The zero-order valence-electron chi connectivity index (χ0n) is 26.2. The lowest BCUT2D eigenvalue weighted by Gasteiger charge is -2.42. The third kappa shape index (κ3) is 13.0. The number of amides is 2. The Hall–Kier alpha value is -2.50. The van der Waals surface area contributed by atoms with Crippen LogP contribution in [0.25, 0.3) is 6.08 Å². The van der Waals surface area contributed by atoms with Gasteiger partial charge in [0.15, 0.2) is 12.4 Å². The highest BCUT2D eigenvalue weighted by Crippen LogP contribution is 2.25. The maximum absolute atomic E-state index is 12.4. The normalized spacial score (nSPS) is 24.0. The van der Waals surface area contributed by atoms with Crippen molar-refractivity contribution in [2.75, 3.05) is 19.8 Å². The van der Waals surface area contributed by atoms with E-state index in [0.717, 1.165) is 56.1 Å². The van der Waals surface area contributed by atoms with Gasteiger partial charge in [0, 0.05) is 19.5 Å². The zero-order valence-corrected chi connectivity index (χ0v) is 26.2. The van der Waals surface area contributed by atoms with E-state index in [9.17, 15) is 50.4 Å². The van der Waals surface area contributed by atoms with Crippen molar-refractivity contribution >= 4 is 17.9 Å². The van der Waals surface area contributed by atoms with Crippen molar-refractivity contribution in [1.82, 2.24) is 10.6 Å². The minimum atomic E-state index is -2.08. The van der Waals surface area contributed by atoms with Crippen molar-refractivity contribution in [3.63, 3.8) is 0 Å². The summed E-state index contributed by atoms with van der Waals surface area (Å²) in [7, 11) is 0. The van der Waals surface area contributed by atoms with Crippen molar-refractivity contribution in [3.05, 3.63) is 42.0 Å². The van der Waals surface area contributed by atoms with E-state index in [1.807, 2.05) is 24.3 Å². The molecule has 0 spiro atoms. The van der Waals surface area contributed by atoms with Gasteiger partial charge in [-0.05, 0) is 24.0 Å². The number of benzene rings is 1. The fourth-order valence-corrected chi connectivity index (χ4v) is 5.02. The molecule has 1 aliphatic heterocycles. The molecular weight excluding hydrogens is 604 g/mol. The van der Waals surface area contributed by atoms with Gasteiger partial charge in [0.25, 0.3) is 5.91 Å². The van der Waals surface area contributed by atoms with Crippen LogP contribution in [0.5, 0.6) is 0 Å². The molecule has 46 heavy (non-hydrogen) atoms. The number of rotatable bonds is 22. The Balaban J connectivity index is 1.59. The number of ether oxygens (including phenoxy) is 2. The quantitative estimate of drug-likeness (QED) is 0.0665. The third-order valence-electron chi connectivity index (χ3n) is 7.97. The molecule has 2 rings (SSSR count). The summed E-state index contributed by atoms with van der Waals surface area (Å²) >= 11 is 0.